The first-order valence-corrected chi connectivity index (χ1v) is 8.89. The molecule has 0 aromatic carbocycles. The molecule has 2 aliphatic rings. The van der Waals surface area contributed by atoms with E-state index in [0.29, 0.717) is 0 Å². The lowest BCUT2D eigenvalue weighted by Gasteiger charge is -2.05. The molecule has 3 N–H and O–H groups in total. The SMILES string of the molecule is CC(O)c1c2nc(cc3nc(cc4ccc(cc5ccc1[nH]5)[nH]4)C=C3)C=C2. The molecule has 2 aliphatic heterocycles. The molecule has 3 aromatic rings. The molecule has 0 saturated carbocycles. The van der Waals surface area contributed by atoms with Crippen molar-refractivity contribution in [3.05, 3.63) is 70.8 Å². The van der Waals surface area contributed by atoms with E-state index in [4.69, 9.17) is 0 Å². The first-order valence-electron chi connectivity index (χ1n) is 8.89. The second-order valence-electron chi connectivity index (χ2n) is 6.77. The summed E-state index contributed by atoms with van der Waals surface area (Å²) in [5, 5.41) is 10.4. The molecule has 0 amide bonds. The van der Waals surface area contributed by atoms with Crippen LogP contribution in [0.3, 0.4) is 0 Å². The fraction of sp³-hybridized carbons (Fsp3) is 0.0909. The highest BCUT2D eigenvalue weighted by atomic mass is 16.3. The predicted octanol–water partition coefficient (Wildman–Crippen LogP) is 4.71. The van der Waals surface area contributed by atoms with Crippen LogP contribution in [0.1, 0.15) is 41.4 Å². The Morgan fingerprint density at radius 2 is 1.37 bits per heavy atom. The average Bonchev–Trinajstić information content (AvgIpc) is 3.39. The Bertz CT molecular complexity index is 1260. The van der Waals surface area contributed by atoms with E-state index in [-0.39, 0.29) is 0 Å². The van der Waals surface area contributed by atoms with Crippen LogP contribution in [0.25, 0.3) is 46.4 Å². The number of fused-ring (bicyclic) bond motifs is 8. The smallest absolute Gasteiger partial charge is 0.0803 e. The van der Waals surface area contributed by atoms with Crippen molar-refractivity contribution in [3.63, 3.8) is 0 Å². The van der Waals surface area contributed by atoms with Crippen LogP contribution < -0.4 is 0 Å². The predicted molar refractivity (Wildman–Crippen MR) is 109 cm³/mol. The molecular formula is C22H18N4O. The third-order valence-corrected chi connectivity index (χ3v) is 4.68. The number of H-pyrrole nitrogens is 2. The van der Waals surface area contributed by atoms with Gasteiger partial charge < -0.3 is 15.1 Å². The summed E-state index contributed by atoms with van der Waals surface area (Å²) in [6, 6.07) is 14.0. The lowest BCUT2D eigenvalue weighted by atomic mass is 10.1. The number of nitrogens with one attached hydrogen (secondary N) is 2. The van der Waals surface area contributed by atoms with Gasteiger partial charge in [-0.25, -0.2) is 9.97 Å². The van der Waals surface area contributed by atoms with Crippen LogP contribution in [-0.4, -0.2) is 25.0 Å². The minimum atomic E-state index is -0.645. The summed E-state index contributed by atoms with van der Waals surface area (Å²) in [5.74, 6) is 0. The Morgan fingerprint density at radius 1 is 0.741 bits per heavy atom. The Hall–Kier alpha value is -3.44. The highest BCUT2D eigenvalue weighted by Gasteiger charge is 2.12. The molecule has 27 heavy (non-hydrogen) atoms. The summed E-state index contributed by atoms with van der Waals surface area (Å²) >= 11 is 0. The summed E-state index contributed by atoms with van der Waals surface area (Å²) in [5.41, 5.74) is 7.91. The van der Waals surface area contributed by atoms with Gasteiger partial charge in [0.15, 0.2) is 0 Å². The molecule has 0 radical (unpaired) electrons. The van der Waals surface area contributed by atoms with Gasteiger partial charge in [0, 0.05) is 27.6 Å². The van der Waals surface area contributed by atoms with Crippen LogP contribution in [0.4, 0.5) is 0 Å². The fourth-order valence-electron chi connectivity index (χ4n) is 3.47. The number of rotatable bonds is 1. The lowest BCUT2D eigenvalue weighted by molar-refractivity contribution is 0.200. The Kier molecular flexibility index (Phi) is 3.55. The minimum absolute atomic E-state index is 0.645. The summed E-state index contributed by atoms with van der Waals surface area (Å²) in [6.45, 7) is 1.76. The number of aromatic amines is 2. The second kappa shape index (κ2) is 6.07. The number of nitrogens with zero attached hydrogens (tertiary/aromatic N) is 2. The normalized spacial score (nSPS) is 13.9. The standard InChI is InChI=1S/C22H18N4O/c1-13(27)22-20-8-6-18(25-20)11-16-4-2-14(23-16)10-15-3-5-17(24-15)12-19-7-9-21(22)26-19/h2-13,23,25,27H,1H3. The Morgan fingerprint density at radius 3 is 2.19 bits per heavy atom. The number of hydrogen-bond acceptors (Lipinski definition) is 3. The molecule has 0 aliphatic carbocycles. The van der Waals surface area contributed by atoms with Crippen molar-refractivity contribution in [2.75, 3.05) is 0 Å². The maximum Gasteiger partial charge on any atom is 0.0803 e. The van der Waals surface area contributed by atoms with Gasteiger partial charge in [0.25, 0.3) is 0 Å². The lowest BCUT2D eigenvalue weighted by Crippen LogP contribution is -1.95. The van der Waals surface area contributed by atoms with Crippen LogP contribution in [0, 0.1) is 0 Å². The van der Waals surface area contributed by atoms with Gasteiger partial charge in [0.2, 0.25) is 0 Å². The van der Waals surface area contributed by atoms with Crippen LogP contribution in [0.15, 0.2) is 42.5 Å². The molecule has 5 heterocycles. The van der Waals surface area contributed by atoms with Crippen molar-refractivity contribution in [2.24, 2.45) is 0 Å². The van der Waals surface area contributed by atoms with Gasteiger partial charge >= 0.3 is 0 Å². The van der Waals surface area contributed by atoms with E-state index in [0.717, 1.165) is 50.4 Å². The van der Waals surface area contributed by atoms with Crippen molar-refractivity contribution < 1.29 is 5.11 Å². The minimum Gasteiger partial charge on any atom is -0.389 e. The molecule has 0 spiro atoms. The molecule has 0 saturated heterocycles. The third-order valence-electron chi connectivity index (χ3n) is 4.68. The molecule has 5 nitrogen and oxygen atoms in total. The van der Waals surface area contributed by atoms with E-state index >= 15 is 0 Å². The zero-order valence-electron chi connectivity index (χ0n) is 14.8. The topological polar surface area (TPSA) is 77.6 Å². The van der Waals surface area contributed by atoms with E-state index in [1.807, 2.05) is 66.8 Å². The molecule has 1 unspecified atom stereocenters. The summed E-state index contributed by atoms with van der Waals surface area (Å²) in [7, 11) is 0. The molecule has 8 bridgehead atoms. The number of aliphatic hydroxyl groups excluding tert-OH is 1. The highest BCUT2D eigenvalue weighted by Crippen LogP contribution is 2.25. The summed E-state index contributed by atoms with van der Waals surface area (Å²) < 4.78 is 0. The van der Waals surface area contributed by atoms with Crippen LogP contribution in [0.2, 0.25) is 0 Å². The molecule has 132 valence electrons. The van der Waals surface area contributed by atoms with Gasteiger partial charge in [-0.15, -0.1) is 0 Å². The van der Waals surface area contributed by atoms with E-state index in [9.17, 15) is 5.11 Å². The third kappa shape index (κ3) is 2.98. The van der Waals surface area contributed by atoms with Gasteiger partial charge in [0.1, 0.15) is 0 Å². The van der Waals surface area contributed by atoms with E-state index in [2.05, 4.69) is 19.9 Å². The van der Waals surface area contributed by atoms with Gasteiger partial charge in [-0.2, -0.15) is 0 Å². The molecular weight excluding hydrogens is 336 g/mol. The van der Waals surface area contributed by atoms with Crippen molar-refractivity contribution in [2.45, 2.75) is 13.0 Å². The molecule has 1 atom stereocenters. The molecule has 0 fully saturated rings. The number of aromatic nitrogens is 4. The quantitative estimate of drug-likeness (QED) is 0.408. The second-order valence-corrected chi connectivity index (χ2v) is 6.77. The Labute approximate surface area is 155 Å². The zero-order valence-corrected chi connectivity index (χ0v) is 14.8. The monoisotopic (exact) mass is 354 g/mol. The van der Waals surface area contributed by atoms with Crippen molar-refractivity contribution in [1.29, 1.82) is 0 Å². The van der Waals surface area contributed by atoms with Gasteiger partial charge in [-0.05, 0) is 73.7 Å². The van der Waals surface area contributed by atoms with Gasteiger partial charge in [-0.1, -0.05) is 0 Å². The average molecular weight is 354 g/mol. The van der Waals surface area contributed by atoms with Crippen molar-refractivity contribution in [3.8, 4) is 0 Å². The van der Waals surface area contributed by atoms with Crippen LogP contribution in [-0.2, 0) is 0 Å². The molecule has 5 rings (SSSR count). The van der Waals surface area contributed by atoms with E-state index in [1.54, 1.807) is 6.92 Å². The van der Waals surface area contributed by atoms with Crippen molar-refractivity contribution in [1.82, 2.24) is 19.9 Å². The largest absolute Gasteiger partial charge is 0.389 e. The first kappa shape index (κ1) is 15.8. The zero-order chi connectivity index (χ0) is 18.4. The Balaban J connectivity index is 1.89. The number of hydrogen-bond donors (Lipinski definition) is 3. The van der Waals surface area contributed by atoms with E-state index < -0.39 is 6.10 Å². The summed E-state index contributed by atoms with van der Waals surface area (Å²) in [4.78, 5) is 16.1. The summed E-state index contributed by atoms with van der Waals surface area (Å²) in [6.07, 6.45) is 7.20. The van der Waals surface area contributed by atoms with Crippen LogP contribution in [0.5, 0.6) is 0 Å². The molecule has 3 aromatic heterocycles. The van der Waals surface area contributed by atoms with Crippen LogP contribution >= 0.6 is 0 Å². The fourth-order valence-corrected chi connectivity index (χ4v) is 3.47. The molecule has 5 heteroatoms. The van der Waals surface area contributed by atoms with Gasteiger partial charge in [-0.3, -0.25) is 0 Å². The highest BCUT2D eigenvalue weighted by molar-refractivity contribution is 5.79. The number of aliphatic hydroxyl groups is 1. The van der Waals surface area contributed by atoms with Crippen molar-refractivity contribution >= 4 is 46.4 Å². The first-order chi connectivity index (χ1) is 13.1. The maximum absolute atomic E-state index is 10.4. The van der Waals surface area contributed by atoms with E-state index in [1.165, 1.54) is 0 Å². The van der Waals surface area contributed by atoms with Gasteiger partial charge in [0.05, 0.1) is 28.9 Å². The maximum atomic E-state index is 10.4.